The lowest BCUT2D eigenvalue weighted by Crippen LogP contribution is -2.24. The summed E-state index contributed by atoms with van der Waals surface area (Å²) in [5, 5.41) is 0. The Morgan fingerprint density at radius 3 is 2.26 bits per heavy atom. The summed E-state index contributed by atoms with van der Waals surface area (Å²) in [5.74, 6) is -0.756. The van der Waals surface area contributed by atoms with Crippen LogP contribution in [-0.2, 0) is 25.5 Å². The van der Waals surface area contributed by atoms with Crippen LogP contribution in [0, 0.1) is 5.41 Å². The molecule has 0 bridgehead atoms. The highest BCUT2D eigenvalue weighted by Gasteiger charge is 2.23. The topological polar surface area (TPSA) is 52.6 Å². The monoisotopic (exact) mass is 264 g/mol. The van der Waals surface area contributed by atoms with Crippen LogP contribution in [0.2, 0.25) is 0 Å². The summed E-state index contributed by atoms with van der Waals surface area (Å²) < 4.78 is 9.69. The van der Waals surface area contributed by atoms with Crippen molar-refractivity contribution in [3.8, 4) is 0 Å². The molecule has 104 valence electrons. The van der Waals surface area contributed by atoms with Gasteiger partial charge < -0.3 is 9.47 Å². The lowest BCUT2D eigenvalue weighted by atomic mass is 9.98. The van der Waals surface area contributed by atoms with Gasteiger partial charge in [-0.15, -0.1) is 0 Å². The molecule has 0 radical (unpaired) electrons. The van der Waals surface area contributed by atoms with Gasteiger partial charge in [0.05, 0.1) is 5.41 Å². The van der Waals surface area contributed by atoms with Crippen LogP contribution in [0.3, 0.4) is 0 Å². The molecule has 0 atom stereocenters. The molecule has 19 heavy (non-hydrogen) atoms. The molecule has 0 aliphatic carbocycles. The molecule has 4 heteroatoms. The van der Waals surface area contributed by atoms with E-state index in [-0.39, 0.29) is 25.2 Å². The van der Waals surface area contributed by atoms with Gasteiger partial charge in [-0.25, -0.2) is 0 Å². The first-order valence-electron chi connectivity index (χ1n) is 6.26. The van der Waals surface area contributed by atoms with Crippen LogP contribution in [-0.4, -0.2) is 18.7 Å². The highest BCUT2D eigenvalue weighted by Crippen LogP contribution is 2.14. The number of hydrogen-bond donors (Lipinski definition) is 0. The number of ether oxygens (including phenoxy) is 2. The lowest BCUT2D eigenvalue weighted by Gasteiger charge is -2.16. The fraction of sp³-hybridized carbons (Fsp3) is 0.467. The Balaban J connectivity index is 2.20. The lowest BCUT2D eigenvalue weighted by molar-refractivity contribution is -0.173. The predicted molar refractivity (Wildman–Crippen MR) is 71.3 cm³/mol. The zero-order valence-electron chi connectivity index (χ0n) is 11.6. The molecule has 0 aromatic heterocycles. The Morgan fingerprint density at radius 2 is 1.68 bits per heavy atom. The van der Waals surface area contributed by atoms with Gasteiger partial charge in [0.2, 0.25) is 6.79 Å². The molecule has 1 aromatic rings. The van der Waals surface area contributed by atoms with Gasteiger partial charge in [0.15, 0.2) is 0 Å². The van der Waals surface area contributed by atoms with Crippen LogP contribution >= 0.6 is 0 Å². The molecule has 0 heterocycles. The number of aryl methyl sites for hydroxylation is 1. The molecule has 4 nitrogen and oxygen atoms in total. The average Bonchev–Trinajstić information content (AvgIpc) is 2.36. The van der Waals surface area contributed by atoms with Gasteiger partial charge in [0.25, 0.3) is 0 Å². The van der Waals surface area contributed by atoms with E-state index in [2.05, 4.69) is 0 Å². The smallest absolute Gasteiger partial charge is 0.314 e. The molecule has 0 amide bonds. The molecule has 0 saturated carbocycles. The average molecular weight is 264 g/mol. The standard InChI is InChI=1S/C15H20O4/c1-15(2,3)14(17)19-11-18-13(16)10-9-12-7-5-4-6-8-12/h4-8H,9-11H2,1-3H3. The molecule has 0 aliphatic heterocycles. The van der Waals surface area contributed by atoms with Crippen molar-refractivity contribution in [1.82, 2.24) is 0 Å². The summed E-state index contributed by atoms with van der Waals surface area (Å²) in [6.45, 7) is 4.91. The van der Waals surface area contributed by atoms with Crippen LogP contribution in [0.5, 0.6) is 0 Å². The molecule has 0 N–H and O–H groups in total. The summed E-state index contributed by atoms with van der Waals surface area (Å²) in [6, 6.07) is 9.67. The van der Waals surface area contributed by atoms with Crippen LogP contribution in [0.25, 0.3) is 0 Å². The highest BCUT2D eigenvalue weighted by molar-refractivity contribution is 5.75. The molecule has 0 unspecified atom stereocenters. The number of benzene rings is 1. The molecule has 0 spiro atoms. The maximum absolute atomic E-state index is 11.4. The number of hydrogen-bond acceptors (Lipinski definition) is 4. The Hall–Kier alpha value is -1.84. The van der Waals surface area contributed by atoms with E-state index in [9.17, 15) is 9.59 Å². The Labute approximate surface area is 113 Å². The van der Waals surface area contributed by atoms with Crippen molar-refractivity contribution in [1.29, 1.82) is 0 Å². The van der Waals surface area contributed by atoms with Crippen LogP contribution in [0.1, 0.15) is 32.8 Å². The summed E-state index contributed by atoms with van der Waals surface area (Å²) in [5.41, 5.74) is 0.488. The minimum atomic E-state index is -0.587. The molecule has 1 rings (SSSR count). The minimum Gasteiger partial charge on any atom is -0.428 e. The Kier molecular flexibility index (Phi) is 5.55. The van der Waals surface area contributed by atoms with Gasteiger partial charge in [0.1, 0.15) is 0 Å². The molecule has 0 aliphatic rings. The third kappa shape index (κ3) is 6.04. The van der Waals surface area contributed by atoms with Crippen molar-refractivity contribution in [2.24, 2.45) is 5.41 Å². The summed E-state index contributed by atoms with van der Waals surface area (Å²) in [4.78, 5) is 22.8. The second-order valence-corrected chi connectivity index (χ2v) is 5.30. The van der Waals surface area contributed by atoms with Crippen molar-refractivity contribution in [3.05, 3.63) is 35.9 Å². The number of esters is 2. The first kappa shape index (κ1) is 15.2. The first-order chi connectivity index (χ1) is 8.89. The van der Waals surface area contributed by atoms with E-state index in [4.69, 9.17) is 9.47 Å². The van der Waals surface area contributed by atoms with Gasteiger partial charge in [-0.1, -0.05) is 30.3 Å². The van der Waals surface area contributed by atoms with E-state index in [1.54, 1.807) is 20.8 Å². The quantitative estimate of drug-likeness (QED) is 0.606. The van der Waals surface area contributed by atoms with Crippen LogP contribution in [0.15, 0.2) is 30.3 Å². The molecule has 1 aromatic carbocycles. The zero-order chi connectivity index (χ0) is 14.3. The van der Waals surface area contributed by atoms with Gasteiger partial charge in [-0.3, -0.25) is 9.59 Å². The second kappa shape index (κ2) is 6.92. The van der Waals surface area contributed by atoms with Crippen molar-refractivity contribution in [3.63, 3.8) is 0 Å². The largest absolute Gasteiger partial charge is 0.428 e. The number of rotatable bonds is 5. The van der Waals surface area contributed by atoms with Gasteiger partial charge in [-0.2, -0.15) is 0 Å². The molecule has 0 saturated heterocycles. The minimum absolute atomic E-state index is 0.275. The normalized spacial score (nSPS) is 10.9. The molecular formula is C15H20O4. The SMILES string of the molecule is CC(C)(C)C(=O)OCOC(=O)CCc1ccccc1. The van der Waals surface area contributed by atoms with Crippen LogP contribution in [0.4, 0.5) is 0 Å². The Bertz CT molecular complexity index is 418. The van der Waals surface area contributed by atoms with Gasteiger partial charge >= 0.3 is 11.9 Å². The van der Waals surface area contributed by atoms with E-state index in [0.717, 1.165) is 5.56 Å². The Morgan fingerprint density at radius 1 is 1.05 bits per heavy atom. The third-order valence-corrected chi connectivity index (χ3v) is 2.48. The number of carbonyl (C=O) groups is 2. The third-order valence-electron chi connectivity index (χ3n) is 2.48. The first-order valence-corrected chi connectivity index (χ1v) is 6.26. The van der Waals surface area contributed by atoms with Gasteiger partial charge in [-0.05, 0) is 32.8 Å². The summed E-state index contributed by atoms with van der Waals surface area (Å²) >= 11 is 0. The van der Waals surface area contributed by atoms with E-state index in [0.29, 0.717) is 6.42 Å². The maximum Gasteiger partial charge on any atom is 0.314 e. The van der Waals surface area contributed by atoms with E-state index >= 15 is 0 Å². The summed E-state index contributed by atoms with van der Waals surface area (Å²) in [7, 11) is 0. The fourth-order valence-electron chi connectivity index (χ4n) is 1.33. The predicted octanol–water partition coefficient (Wildman–Crippen LogP) is 2.71. The van der Waals surface area contributed by atoms with Gasteiger partial charge in [0, 0.05) is 6.42 Å². The van der Waals surface area contributed by atoms with Crippen molar-refractivity contribution >= 4 is 11.9 Å². The second-order valence-electron chi connectivity index (χ2n) is 5.30. The van der Waals surface area contributed by atoms with Crippen molar-refractivity contribution in [2.45, 2.75) is 33.6 Å². The van der Waals surface area contributed by atoms with E-state index in [1.807, 2.05) is 30.3 Å². The fourth-order valence-corrected chi connectivity index (χ4v) is 1.33. The van der Waals surface area contributed by atoms with Crippen LogP contribution < -0.4 is 0 Å². The molecule has 0 fully saturated rings. The summed E-state index contributed by atoms with van der Waals surface area (Å²) in [6.07, 6.45) is 0.893. The number of carbonyl (C=O) groups excluding carboxylic acids is 2. The van der Waals surface area contributed by atoms with E-state index < -0.39 is 5.41 Å². The van der Waals surface area contributed by atoms with Crippen molar-refractivity contribution < 1.29 is 19.1 Å². The molecular weight excluding hydrogens is 244 g/mol. The van der Waals surface area contributed by atoms with E-state index in [1.165, 1.54) is 0 Å². The maximum atomic E-state index is 11.4. The highest BCUT2D eigenvalue weighted by atomic mass is 16.7. The van der Waals surface area contributed by atoms with Crippen molar-refractivity contribution in [2.75, 3.05) is 6.79 Å². The zero-order valence-corrected chi connectivity index (χ0v) is 11.6.